The maximum Gasteiger partial charge on any atom is 0.387 e. The molecule has 0 bridgehead atoms. The highest BCUT2D eigenvalue weighted by Gasteiger charge is 2.21. The molecule has 3 heterocycles. The number of anilines is 2. The molecular weight excluding hydrogens is 494 g/mol. The number of nitrogens with zero attached hydrogens (tertiary/aromatic N) is 4. The number of H-pyrrole nitrogens is 1. The second-order valence-corrected chi connectivity index (χ2v) is 8.80. The lowest BCUT2D eigenvalue weighted by atomic mass is 10.1. The van der Waals surface area contributed by atoms with Crippen molar-refractivity contribution in [2.24, 2.45) is 0 Å². The van der Waals surface area contributed by atoms with E-state index in [0.29, 0.717) is 45.3 Å². The number of alkyl halides is 2. The van der Waals surface area contributed by atoms with E-state index < -0.39 is 6.61 Å². The van der Waals surface area contributed by atoms with Gasteiger partial charge in [0.05, 0.1) is 11.1 Å². The topological polar surface area (TPSA) is 95.6 Å². The van der Waals surface area contributed by atoms with E-state index in [1.54, 1.807) is 42.5 Å². The molecule has 5 rings (SSSR count). The van der Waals surface area contributed by atoms with Crippen LogP contribution in [0.25, 0.3) is 22.3 Å². The van der Waals surface area contributed by atoms with Gasteiger partial charge in [-0.15, -0.1) is 0 Å². The van der Waals surface area contributed by atoms with Crippen molar-refractivity contribution in [1.29, 1.82) is 0 Å². The molecule has 2 aromatic heterocycles. The summed E-state index contributed by atoms with van der Waals surface area (Å²) in [6.07, 6.45) is 2.54. The number of amides is 1. The first-order chi connectivity index (χ1) is 18.4. The number of benzene rings is 2. The number of aromatic nitrogens is 3. The molecule has 1 amide bonds. The van der Waals surface area contributed by atoms with Gasteiger partial charge in [0, 0.05) is 49.2 Å². The lowest BCUT2D eigenvalue weighted by Crippen LogP contribution is -2.44. The zero-order valence-corrected chi connectivity index (χ0v) is 20.7. The number of fused-ring (bicyclic) bond motifs is 1. The number of hydrogen-bond donors (Lipinski definition) is 2. The summed E-state index contributed by atoms with van der Waals surface area (Å²) in [4.78, 5) is 27.6. The zero-order chi connectivity index (χ0) is 26.6. The molecule has 1 aliphatic rings. The normalized spacial score (nSPS) is 14.1. The van der Waals surface area contributed by atoms with Crippen LogP contribution in [0.15, 0.2) is 67.5 Å². The minimum absolute atomic E-state index is 0.113. The van der Waals surface area contributed by atoms with Crippen LogP contribution >= 0.6 is 0 Å². The number of ether oxygens (including phenoxy) is 2. The van der Waals surface area contributed by atoms with Crippen molar-refractivity contribution < 1.29 is 23.0 Å². The van der Waals surface area contributed by atoms with Gasteiger partial charge in [-0.05, 0) is 43.5 Å². The van der Waals surface area contributed by atoms with Crippen LogP contribution in [0.5, 0.6) is 17.4 Å². The van der Waals surface area contributed by atoms with Crippen molar-refractivity contribution in [3.8, 4) is 28.6 Å². The van der Waals surface area contributed by atoms with Gasteiger partial charge in [0.25, 0.3) is 0 Å². The first-order valence-electron chi connectivity index (χ1n) is 12.0. The first-order valence-corrected chi connectivity index (χ1v) is 12.0. The molecule has 9 nitrogen and oxygen atoms in total. The quantitative estimate of drug-likeness (QED) is 0.319. The third-order valence-electron chi connectivity index (χ3n) is 6.22. The van der Waals surface area contributed by atoms with Crippen LogP contribution in [0.1, 0.15) is 0 Å². The summed E-state index contributed by atoms with van der Waals surface area (Å²) in [5.74, 6) is 0.527. The zero-order valence-electron chi connectivity index (χ0n) is 20.7. The van der Waals surface area contributed by atoms with Gasteiger partial charge in [0.1, 0.15) is 23.5 Å². The molecule has 0 spiro atoms. The van der Waals surface area contributed by atoms with Gasteiger partial charge in [-0.3, -0.25) is 4.79 Å². The molecule has 0 aliphatic carbocycles. The van der Waals surface area contributed by atoms with Crippen molar-refractivity contribution >= 4 is 28.3 Å². The fraction of sp³-hybridized carbons (Fsp3) is 0.222. The Morgan fingerprint density at radius 2 is 1.95 bits per heavy atom. The van der Waals surface area contributed by atoms with Gasteiger partial charge in [-0.1, -0.05) is 18.7 Å². The second kappa shape index (κ2) is 10.9. The fourth-order valence-corrected chi connectivity index (χ4v) is 4.28. The van der Waals surface area contributed by atoms with E-state index in [1.807, 2.05) is 13.1 Å². The number of piperazine rings is 1. The minimum Gasteiger partial charge on any atom is -0.438 e. The van der Waals surface area contributed by atoms with E-state index in [9.17, 15) is 13.6 Å². The van der Waals surface area contributed by atoms with Gasteiger partial charge in [0.15, 0.2) is 0 Å². The van der Waals surface area contributed by atoms with E-state index in [-0.39, 0.29) is 11.7 Å². The second-order valence-electron chi connectivity index (χ2n) is 8.80. The number of nitrogens with one attached hydrogen (secondary N) is 2. The Labute approximate surface area is 217 Å². The summed E-state index contributed by atoms with van der Waals surface area (Å²) < 4.78 is 37.5. The van der Waals surface area contributed by atoms with E-state index >= 15 is 0 Å². The average molecular weight is 521 g/mol. The summed E-state index contributed by atoms with van der Waals surface area (Å²) in [6, 6.07) is 13.9. The number of aromatic amines is 1. The summed E-state index contributed by atoms with van der Waals surface area (Å²) in [6.45, 7) is 3.61. The fourth-order valence-electron chi connectivity index (χ4n) is 4.28. The van der Waals surface area contributed by atoms with Crippen LogP contribution in [0.4, 0.5) is 20.2 Å². The molecule has 2 N–H and O–H groups in total. The lowest BCUT2D eigenvalue weighted by molar-refractivity contribution is -0.111. The summed E-state index contributed by atoms with van der Waals surface area (Å²) in [5.41, 5.74) is 2.98. The summed E-state index contributed by atoms with van der Waals surface area (Å²) in [5, 5.41) is 3.28. The van der Waals surface area contributed by atoms with Gasteiger partial charge in [-0.25, -0.2) is 9.97 Å². The van der Waals surface area contributed by atoms with Gasteiger partial charge < -0.3 is 29.6 Å². The van der Waals surface area contributed by atoms with Crippen molar-refractivity contribution in [3.05, 3.63) is 67.5 Å². The molecule has 38 heavy (non-hydrogen) atoms. The smallest absolute Gasteiger partial charge is 0.387 e. The summed E-state index contributed by atoms with van der Waals surface area (Å²) in [7, 11) is 2.03. The summed E-state index contributed by atoms with van der Waals surface area (Å²) >= 11 is 0. The Bertz CT molecular complexity index is 1470. The third kappa shape index (κ3) is 5.57. The monoisotopic (exact) mass is 520 g/mol. The molecule has 1 saturated heterocycles. The number of likely N-dealkylation sites (N-methyl/N-ethyl adjacent to an activating group) is 1. The van der Waals surface area contributed by atoms with Crippen LogP contribution in [0.2, 0.25) is 0 Å². The third-order valence-corrected chi connectivity index (χ3v) is 6.22. The molecule has 0 saturated carbocycles. The number of hydrogen-bond acceptors (Lipinski definition) is 7. The van der Waals surface area contributed by atoms with Crippen molar-refractivity contribution in [1.82, 2.24) is 19.9 Å². The minimum atomic E-state index is -2.95. The van der Waals surface area contributed by atoms with Crippen molar-refractivity contribution in [2.45, 2.75) is 6.61 Å². The molecule has 0 radical (unpaired) electrons. The van der Waals surface area contributed by atoms with Crippen molar-refractivity contribution in [3.63, 3.8) is 0 Å². The van der Waals surface area contributed by atoms with Crippen LogP contribution in [0, 0.1) is 0 Å². The maximum absolute atomic E-state index is 13.3. The van der Waals surface area contributed by atoms with Crippen LogP contribution in [-0.4, -0.2) is 65.6 Å². The molecule has 11 heteroatoms. The molecular formula is C27H26F2N6O3. The van der Waals surface area contributed by atoms with Gasteiger partial charge in [-0.2, -0.15) is 8.78 Å². The Morgan fingerprint density at radius 3 is 2.71 bits per heavy atom. The lowest BCUT2D eigenvalue weighted by Gasteiger charge is -2.34. The van der Waals surface area contributed by atoms with Crippen LogP contribution in [0.3, 0.4) is 0 Å². The highest BCUT2D eigenvalue weighted by molar-refractivity contribution is 5.99. The molecule has 1 fully saturated rings. The first kappa shape index (κ1) is 25.2. The Balaban J connectivity index is 1.45. The van der Waals surface area contributed by atoms with Gasteiger partial charge in [0.2, 0.25) is 11.8 Å². The molecule has 196 valence electrons. The average Bonchev–Trinajstić information content (AvgIpc) is 3.35. The number of carbonyl (C=O) groups is 1. The Morgan fingerprint density at radius 1 is 1.13 bits per heavy atom. The molecule has 2 aromatic carbocycles. The number of carbonyl (C=O) groups excluding carboxylic acids is 1. The SMILES string of the molecule is C=CC(=O)Nc1cccc(Oc2ncnc3[nH]c(-c4ccc(N5CCN(C)CC5)c(OC(F)F)c4)cc23)c1. The standard InChI is InChI=1S/C27H26F2N6O3/c1-3-24(36)32-18-5-4-6-19(14-18)37-26-20-15-21(33-25(20)30-16-31-26)17-7-8-22(23(13-17)38-27(28)29)35-11-9-34(2)10-12-35/h3-8,13-16,27H,1,9-12H2,2H3,(H,32,36)(H,30,31,33). The Kier molecular flexibility index (Phi) is 7.18. The molecule has 0 atom stereocenters. The van der Waals surface area contributed by atoms with Crippen molar-refractivity contribution in [2.75, 3.05) is 43.4 Å². The van der Waals surface area contributed by atoms with Gasteiger partial charge >= 0.3 is 6.61 Å². The highest BCUT2D eigenvalue weighted by Crippen LogP contribution is 2.37. The largest absolute Gasteiger partial charge is 0.438 e. The maximum atomic E-state index is 13.3. The number of halogens is 2. The molecule has 1 aliphatic heterocycles. The molecule has 0 unspecified atom stereocenters. The number of rotatable bonds is 8. The van der Waals surface area contributed by atoms with E-state index in [0.717, 1.165) is 26.2 Å². The highest BCUT2D eigenvalue weighted by atomic mass is 19.3. The Hall–Kier alpha value is -4.51. The van der Waals surface area contributed by atoms with E-state index in [1.165, 1.54) is 12.4 Å². The van der Waals surface area contributed by atoms with E-state index in [2.05, 4.69) is 36.6 Å². The van der Waals surface area contributed by atoms with Crippen LogP contribution in [-0.2, 0) is 4.79 Å². The van der Waals surface area contributed by atoms with E-state index in [4.69, 9.17) is 9.47 Å². The van der Waals surface area contributed by atoms with Crippen LogP contribution < -0.4 is 19.7 Å². The predicted octanol–water partition coefficient (Wildman–Crippen LogP) is 4.89. The predicted molar refractivity (Wildman–Crippen MR) is 141 cm³/mol. The molecule has 4 aromatic rings.